The van der Waals surface area contributed by atoms with Gasteiger partial charge in [0.2, 0.25) is 5.91 Å². The number of ether oxygens (including phenoxy) is 1. The number of likely N-dealkylation sites (N-methyl/N-ethyl adjacent to an activating group) is 1. The molecule has 0 radical (unpaired) electrons. The smallest absolute Gasteiger partial charge is 0.228 e. The van der Waals surface area contributed by atoms with Crippen LogP contribution in [0.3, 0.4) is 0 Å². The van der Waals surface area contributed by atoms with Crippen molar-refractivity contribution in [2.75, 3.05) is 54.0 Å². The van der Waals surface area contributed by atoms with Crippen molar-refractivity contribution in [1.82, 2.24) is 15.5 Å². The van der Waals surface area contributed by atoms with Crippen LogP contribution in [0.5, 0.6) is 0 Å². The summed E-state index contributed by atoms with van der Waals surface area (Å²) in [7, 11) is 5.42. The molecular weight excluding hydrogens is 258 g/mol. The predicted molar refractivity (Wildman–Crippen MR) is 78.6 cm³/mol. The van der Waals surface area contributed by atoms with Crippen molar-refractivity contribution in [1.29, 1.82) is 0 Å². The van der Waals surface area contributed by atoms with Crippen LogP contribution in [0, 0.1) is 5.41 Å². The van der Waals surface area contributed by atoms with Crippen LogP contribution in [-0.2, 0) is 9.53 Å². The Bertz CT molecular complexity index is 307. The Balaban J connectivity index is 2.58. The van der Waals surface area contributed by atoms with Crippen molar-refractivity contribution in [2.45, 2.75) is 25.4 Å². The van der Waals surface area contributed by atoms with E-state index in [1.165, 1.54) is 0 Å². The average molecular weight is 287 g/mol. The van der Waals surface area contributed by atoms with Crippen LogP contribution in [-0.4, -0.2) is 75.5 Å². The number of aliphatic hydroxyl groups is 1. The minimum absolute atomic E-state index is 0.0140. The van der Waals surface area contributed by atoms with Gasteiger partial charge in [-0.25, -0.2) is 0 Å². The van der Waals surface area contributed by atoms with E-state index in [2.05, 4.69) is 10.6 Å². The van der Waals surface area contributed by atoms with E-state index in [4.69, 9.17) is 4.74 Å². The lowest BCUT2D eigenvalue weighted by Gasteiger charge is -2.36. The summed E-state index contributed by atoms with van der Waals surface area (Å²) in [5.41, 5.74) is -1.39. The van der Waals surface area contributed by atoms with Gasteiger partial charge in [-0.2, -0.15) is 0 Å². The fraction of sp³-hybridized carbons (Fsp3) is 0.929. The zero-order chi connectivity index (χ0) is 15.2. The van der Waals surface area contributed by atoms with Crippen LogP contribution in [0.25, 0.3) is 0 Å². The van der Waals surface area contributed by atoms with Gasteiger partial charge < -0.3 is 25.4 Å². The summed E-state index contributed by atoms with van der Waals surface area (Å²) in [6.45, 7) is 4.57. The number of piperidine rings is 1. The summed E-state index contributed by atoms with van der Waals surface area (Å²) >= 11 is 0. The van der Waals surface area contributed by atoms with Gasteiger partial charge in [0.25, 0.3) is 0 Å². The summed E-state index contributed by atoms with van der Waals surface area (Å²) in [4.78, 5) is 14.4. The fourth-order valence-electron chi connectivity index (χ4n) is 2.81. The van der Waals surface area contributed by atoms with Crippen molar-refractivity contribution in [3.8, 4) is 0 Å². The molecule has 6 nitrogen and oxygen atoms in total. The number of carbonyl (C=O) groups is 1. The first-order valence-electron chi connectivity index (χ1n) is 7.16. The largest absolute Gasteiger partial charge is 0.387 e. The second-order valence-electron chi connectivity index (χ2n) is 6.38. The molecular formula is C14H29N3O3. The van der Waals surface area contributed by atoms with Crippen LogP contribution in [0.2, 0.25) is 0 Å². The summed E-state index contributed by atoms with van der Waals surface area (Å²) < 4.78 is 5.24. The van der Waals surface area contributed by atoms with E-state index in [9.17, 15) is 9.90 Å². The highest BCUT2D eigenvalue weighted by atomic mass is 16.5. The molecule has 0 spiro atoms. The number of methoxy groups -OCH3 is 1. The molecule has 0 aliphatic carbocycles. The van der Waals surface area contributed by atoms with Crippen molar-refractivity contribution in [2.24, 2.45) is 5.41 Å². The quantitative estimate of drug-likeness (QED) is 0.585. The third kappa shape index (κ3) is 5.01. The topological polar surface area (TPSA) is 73.8 Å². The fourth-order valence-corrected chi connectivity index (χ4v) is 2.81. The molecule has 0 aromatic heterocycles. The maximum absolute atomic E-state index is 12.5. The van der Waals surface area contributed by atoms with Gasteiger partial charge >= 0.3 is 0 Å². The maximum atomic E-state index is 12.5. The first-order chi connectivity index (χ1) is 9.31. The van der Waals surface area contributed by atoms with E-state index in [0.717, 1.165) is 25.9 Å². The van der Waals surface area contributed by atoms with Gasteiger partial charge in [-0.15, -0.1) is 0 Å². The zero-order valence-electron chi connectivity index (χ0n) is 13.2. The highest BCUT2D eigenvalue weighted by Gasteiger charge is 2.40. The molecule has 1 atom stereocenters. The highest BCUT2D eigenvalue weighted by Crippen LogP contribution is 2.29. The number of amides is 1. The molecule has 0 aromatic rings. The minimum Gasteiger partial charge on any atom is -0.387 e. The highest BCUT2D eigenvalue weighted by molar-refractivity contribution is 5.83. The summed E-state index contributed by atoms with van der Waals surface area (Å²) in [5, 5.41) is 16.4. The Kier molecular flexibility index (Phi) is 6.39. The Labute approximate surface area is 121 Å². The molecule has 0 bridgehead atoms. The molecule has 1 unspecified atom stereocenters. The standard InChI is InChI=1S/C14H29N3O3/c1-13(19,10-17(2)3)9-16-12(18)14(11-20-4)5-7-15-8-6-14/h15,19H,5-11H2,1-4H3,(H,16,18). The molecule has 6 heteroatoms. The number of hydrogen-bond donors (Lipinski definition) is 3. The molecule has 0 saturated carbocycles. The lowest BCUT2D eigenvalue weighted by Crippen LogP contribution is -2.54. The molecule has 1 aliphatic rings. The van der Waals surface area contributed by atoms with Crippen molar-refractivity contribution in [3.63, 3.8) is 0 Å². The van der Waals surface area contributed by atoms with E-state index in [-0.39, 0.29) is 12.5 Å². The summed E-state index contributed by atoms with van der Waals surface area (Å²) in [6, 6.07) is 0. The van der Waals surface area contributed by atoms with Crippen LogP contribution >= 0.6 is 0 Å². The van der Waals surface area contributed by atoms with Gasteiger partial charge in [0.15, 0.2) is 0 Å². The van der Waals surface area contributed by atoms with E-state index in [1.807, 2.05) is 19.0 Å². The first-order valence-corrected chi connectivity index (χ1v) is 7.16. The van der Waals surface area contributed by atoms with E-state index >= 15 is 0 Å². The predicted octanol–water partition coefficient (Wildman–Crippen LogP) is -0.569. The molecule has 1 aliphatic heterocycles. The lowest BCUT2D eigenvalue weighted by molar-refractivity contribution is -0.137. The summed E-state index contributed by atoms with van der Waals surface area (Å²) in [5.74, 6) is -0.0140. The van der Waals surface area contributed by atoms with Gasteiger partial charge in [-0.3, -0.25) is 4.79 Å². The normalized spacial score (nSPS) is 21.5. The minimum atomic E-state index is -0.930. The Hall–Kier alpha value is -0.690. The van der Waals surface area contributed by atoms with Crippen molar-refractivity contribution >= 4 is 5.91 Å². The van der Waals surface area contributed by atoms with Crippen LogP contribution in [0.15, 0.2) is 0 Å². The second-order valence-corrected chi connectivity index (χ2v) is 6.38. The van der Waals surface area contributed by atoms with Gasteiger partial charge in [0.1, 0.15) is 0 Å². The second kappa shape index (κ2) is 7.36. The monoisotopic (exact) mass is 287 g/mol. The number of rotatable bonds is 7. The van der Waals surface area contributed by atoms with Gasteiger partial charge in [-0.1, -0.05) is 0 Å². The number of hydrogen-bond acceptors (Lipinski definition) is 5. The number of carbonyl (C=O) groups excluding carboxylic acids is 1. The molecule has 1 rings (SSSR count). The van der Waals surface area contributed by atoms with Gasteiger partial charge in [-0.05, 0) is 47.0 Å². The van der Waals surface area contributed by atoms with Crippen LogP contribution in [0.4, 0.5) is 0 Å². The van der Waals surface area contributed by atoms with Crippen LogP contribution in [0.1, 0.15) is 19.8 Å². The Morgan fingerprint density at radius 3 is 2.55 bits per heavy atom. The van der Waals surface area contributed by atoms with E-state index < -0.39 is 11.0 Å². The molecule has 1 heterocycles. The Morgan fingerprint density at radius 1 is 1.45 bits per heavy atom. The number of nitrogens with one attached hydrogen (secondary N) is 2. The molecule has 0 aromatic carbocycles. The molecule has 1 saturated heterocycles. The molecule has 1 fully saturated rings. The van der Waals surface area contributed by atoms with Crippen molar-refractivity contribution in [3.05, 3.63) is 0 Å². The lowest BCUT2D eigenvalue weighted by atomic mass is 9.78. The van der Waals surface area contributed by atoms with E-state index in [1.54, 1.807) is 14.0 Å². The molecule has 3 N–H and O–H groups in total. The van der Waals surface area contributed by atoms with E-state index in [0.29, 0.717) is 13.2 Å². The first kappa shape index (κ1) is 17.4. The summed E-state index contributed by atoms with van der Waals surface area (Å²) in [6.07, 6.45) is 1.53. The molecule has 118 valence electrons. The molecule has 20 heavy (non-hydrogen) atoms. The van der Waals surface area contributed by atoms with Gasteiger partial charge in [0.05, 0.1) is 17.6 Å². The van der Waals surface area contributed by atoms with Crippen LogP contribution < -0.4 is 10.6 Å². The average Bonchev–Trinajstić information content (AvgIpc) is 2.36. The maximum Gasteiger partial charge on any atom is 0.228 e. The third-order valence-electron chi connectivity index (χ3n) is 3.75. The zero-order valence-corrected chi connectivity index (χ0v) is 13.2. The Morgan fingerprint density at radius 2 is 2.05 bits per heavy atom. The number of nitrogens with zero attached hydrogens (tertiary/aromatic N) is 1. The molecule has 1 amide bonds. The van der Waals surface area contributed by atoms with Crippen molar-refractivity contribution < 1.29 is 14.6 Å². The third-order valence-corrected chi connectivity index (χ3v) is 3.75. The van der Waals surface area contributed by atoms with Gasteiger partial charge in [0, 0.05) is 20.2 Å². The SMILES string of the molecule is COCC1(C(=O)NCC(C)(O)CN(C)C)CCNCC1.